The Morgan fingerprint density at radius 3 is 2.14 bits per heavy atom. The SMILES string of the molecule is N/C(CC(c1ccccc1)C12CC3CC(CC(C3)C1)C2)=N\Cl. The summed E-state index contributed by atoms with van der Waals surface area (Å²) >= 11 is 5.65. The van der Waals surface area contributed by atoms with Gasteiger partial charge in [-0.3, -0.25) is 0 Å². The number of halogens is 1. The Bertz CT molecular complexity index is 531. The van der Waals surface area contributed by atoms with E-state index in [2.05, 4.69) is 34.8 Å². The van der Waals surface area contributed by atoms with Crippen LogP contribution in [0.2, 0.25) is 0 Å². The molecule has 4 aliphatic carbocycles. The summed E-state index contributed by atoms with van der Waals surface area (Å²) in [5.74, 6) is 3.92. The number of rotatable bonds is 4. The third kappa shape index (κ3) is 2.46. The van der Waals surface area contributed by atoms with Gasteiger partial charge in [-0.05, 0) is 73.2 Å². The second kappa shape index (κ2) is 5.56. The van der Waals surface area contributed by atoms with Gasteiger partial charge in [0.25, 0.3) is 0 Å². The lowest BCUT2D eigenvalue weighted by molar-refractivity contribution is -0.0676. The monoisotopic (exact) mass is 316 g/mol. The van der Waals surface area contributed by atoms with E-state index in [0.29, 0.717) is 17.2 Å². The summed E-state index contributed by atoms with van der Waals surface area (Å²) in [7, 11) is 0. The molecule has 0 radical (unpaired) electrons. The molecule has 1 atom stereocenters. The van der Waals surface area contributed by atoms with Crippen LogP contribution < -0.4 is 5.73 Å². The average molecular weight is 317 g/mol. The Balaban J connectivity index is 1.71. The van der Waals surface area contributed by atoms with Gasteiger partial charge in [-0.2, -0.15) is 4.51 Å². The Labute approximate surface area is 138 Å². The van der Waals surface area contributed by atoms with Crippen molar-refractivity contribution in [3.63, 3.8) is 0 Å². The number of amidine groups is 1. The highest BCUT2D eigenvalue weighted by molar-refractivity contribution is 6.19. The molecular formula is C19H25ClN2. The first-order valence-electron chi connectivity index (χ1n) is 8.67. The fraction of sp³-hybridized carbons (Fsp3) is 0.632. The van der Waals surface area contributed by atoms with Gasteiger partial charge in [-0.15, -0.1) is 0 Å². The summed E-state index contributed by atoms with van der Waals surface area (Å²) < 4.78 is 3.75. The molecule has 3 heteroatoms. The lowest BCUT2D eigenvalue weighted by Crippen LogP contribution is -2.49. The van der Waals surface area contributed by atoms with E-state index in [9.17, 15) is 0 Å². The fourth-order valence-electron chi connectivity index (χ4n) is 6.22. The fourth-order valence-corrected chi connectivity index (χ4v) is 6.29. The molecule has 0 heterocycles. The maximum absolute atomic E-state index is 6.05. The third-order valence-electron chi connectivity index (χ3n) is 6.55. The molecule has 22 heavy (non-hydrogen) atoms. The molecule has 5 rings (SSSR count). The molecule has 1 unspecified atom stereocenters. The number of nitrogens with two attached hydrogens (primary N) is 1. The maximum atomic E-state index is 6.05. The molecule has 118 valence electrons. The number of hydrogen-bond acceptors (Lipinski definition) is 1. The smallest absolute Gasteiger partial charge is 0.114 e. The quantitative estimate of drug-likeness (QED) is 0.623. The van der Waals surface area contributed by atoms with Crippen molar-refractivity contribution in [2.75, 3.05) is 0 Å². The highest BCUT2D eigenvalue weighted by Gasteiger charge is 2.54. The van der Waals surface area contributed by atoms with Crippen LogP contribution in [0.1, 0.15) is 56.4 Å². The van der Waals surface area contributed by atoms with E-state index >= 15 is 0 Å². The number of benzene rings is 1. The van der Waals surface area contributed by atoms with Crippen LogP contribution >= 0.6 is 11.8 Å². The first kappa shape index (κ1) is 14.6. The molecule has 2 nitrogen and oxygen atoms in total. The summed E-state index contributed by atoms with van der Waals surface area (Å²) in [6.07, 6.45) is 9.37. The highest BCUT2D eigenvalue weighted by Crippen LogP contribution is 2.65. The van der Waals surface area contributed by atoms with Gasteiger partial charge in [0.2, 0.25) is 0 Å². The van der Waals surface area contributed by atoms with Crippen molar-refractivity contribution in [1.29, 1.82) is 0 Å². The third-order valence-corrected chi connectivity index (χ3v) is 6.77. The molecule has 4 bridgehead atoms. The van der Waals surface area contributed by atoms with Gasteiger partial charge in [0.05, 0.1) is 0 Å². The molecule has 1 aromatic carbocycles. The Kier molecular flexibility index (Phi) is 3.68. The minimum Gasteiger partial charge on any atom is -0.386 e. The lowest BCUT2D eigenvalue weighted by atomic mass is 9.45. The molecule has 0 spiro atoms. The van der Waals surface area contributed by atoms with Crippen molar-refractivity contribution in [2.45, 2.75) is 50.9 Å². The van der Waals surface area contributed by atoms with Crippen LogP contribution in [0.5, 0.6) is 0 Å². The van der Waals surface area contributed by atoms with E-state index < -0.39 is 0 Å². The minimum atomic E-state index is 0.433. The van der Waals surface area contributed by atoms with Crippen LogP contribution in [-0.2, 0) is 0 Å². The second-order valence-electron chi connectivity index (χ2n) is 8.02. The van der Waals surface area contributed by atoms with Gasteiger partial charge >= 0.3 is 0 Å². The van der Waals surface area contributed by atoms with E-state index in [1.165, 1.54) is 44.1 Å². The van der Waals surface area contributed by atoms with Gasteiger partial charge in [-0.25, -0.2) is 0 Å². The Morgan fingerprint density at radius 2 is 1.64 bits per heavy atom. The van der Waals surface area contributed by atoms with Crippen molar-refractivity contribution in [3.8, 4) is 0 Å². The predicted molar refractivity (Wildman–Crippen MR) is 91.9 cm³/mol. The minimum absolute atomic E-state index is 0.433. The Hall–Kier alpha value is -1.02. The molecule has 4 saturated carbocycles. The van der Waals surface area contributed by atoms with E-state index in [4.69, 9.17) is 17.5 Å². The topological polar surface area (TPSA) is 38.4 Å². The first-order valence-corrected chi connectivity index (χ1v) is 9.00. The molecule has 2 N–H and O–H groups in total. The van der Waals surface area contributed by atoms with Gasteiger partial charge in [0, 0.05) is 18.2 Å². The van der Waals surface area contributed by atoms with Gasteiger partial charge in [0.1, 0.15) is 5.84 Å². The van der Waals surface area contributed by atoms with Crippen LogP contribution in [0.15, 0.2) is 34.8 Å². The van der Waals surface area contributed by atoms with Crippen molar-refractivity contribution in [3.05, 3.63) is 35.9 Å². The Morgan fingerprint density at radius 1 is 1.09 bits per heavy atom. The predicted octanol–water partition coefficient (Wildman–Crippen LogP) is 4.89. The van der Waals surface area contributed by atoms with Gasteiger partial charge in [0.15, 0.2) is 0 Å². The second-order valence-corrected chi connectivity index (χ2v) is 8.19. The van der Waals surface area contributed by atoms with Crippen LogP contribution in [0.4, 0.5) is 0 Å². The van der Waals surface area contributed by atoms with E-state index in [1.807, 2.05) is 0 Å². The first-order chi connectivity index (χ1) is 10.7. The zero-order valence-electron chi connectivity index (χ0n) is 13.0. The van der Waals surface area contributed by atoms with Crippen LogP contribution in [0, 0.1) is 23.2 Å². The van der Waals surface area contributed by atoms with E-state index in [0.717, 1.165) is 24.2 Å². The standard InChI is InChI=1S/C19H25ClN2/c20-22-18(21)9-17(16-4-2-1-3-5-16)19-10-13-6-14(11-19)8-15(7-13)12-19/h1-5,13-15,17H,6-12H2,(H2,21,22). The van der Waals surface area contributed by atoms with Crippen molar-refractivity contribution in [2.24, 2.45) is 33.4 Å². The number of hydrogen-bond donors (Lipinski definition) is 1. The van der Waals surface area contributed by atoms with E-state index in [1.54, 1.807) is 0 Å². The highest BCUT2D eigenvalue weighted by atomic mass is 35.5. The summed E-state index contributed by atoms with van der Waals surface area (Å²) in [5, 5.41) is 0. The zero-order chi connectivity index (χ0) is 15.2. The maximum Gasteiger partial charge on any atom is 0.114 e. The van der Waals surface area contributed by atoms with Crippen LogP contribution in [-0.4, -0.2) is 5.84 Å². The molecule has 0 aliphatic heterocycles. The largest absolute Gasteiger partial charge is 0.386 e. The zero-order valence-corrected chi connectivity index (χ0v) is 13.8. The molecular weight excluding hydrogens is 292 g/mol. The normalized spacial score (nSPS) is 38.2. The van der Waals surface area contributed by atoms with Crippen molar-refractivity contribution >= 4 is 17.6 Å². The molecule has 0 amide bonds. The van der Waals surface area contributed by atoms with Crippen molar-refractivity contribution < 1.29 is 0 Å². The molecule has 4 fully saturated rings. The van der Waals surface area contributed by atoms with Gasteiger partial charge < -0.3 is 5.73 Å². The summed E-state index contributed by atoms with van der Waals surface area (Å²) in [6.45, 7) is 0. The van der Waals surface area contributed by atoms with E-state index in [-0.39, 0.29) is 0 Å². The lowest BCUT2D eigenvalue weighted by Gasteiger charge is -2.59. The van der Waals surface area contributed by atoms with Crippen LogP contribution in [0.3, 0.4) is 0 Å². The molecule has 0 saturated heterocycles. The summed E-state index contributed by atoms with van der Waals surface area (Å²) in [5.41, 5.74) is 7.90. The van der Waals surface area contributed by atoms with Crippen molar-refractivity contribution in [1.82, 2.24) is 0 Å². The summed E-state index contributed by atoms with van der Waals surface area (Å²) in [6, 6.07) is 10.9. The van der Waals surface area contributed by atoms with Gasteiger partial charge in [-0.1, -0.05) is 30.3 Å². The average Bonchev–Trinajstić information content (AvgIpc) is 2.51. The molecule has 1 aromatic rings. The molecule has 0 aromatic heterocycles. The number of nitrogens with zero attached hydrogens (tertiary/aromatic N) is 1. The summed E-state index contributed by atoms with van der Waals surface area (Å²) in [4.78, 5) is 0. The van der Waals surface area contributed by atoms with Crippen LogP contribution in [0.25, 0.3) is 0 Å². The molecule has 4 aliphatic rings.